The van der Waals surface area contributed by atoms with E-state index in [1.54, 1.807) is 87.7 Å². The van der Waals surface area contributed by atoms with Crippen molar-refractivity contribution in [3.05, 3.63) is 185 Å². The van der Waals surface area contributed by atoms with Gasteiger partial charge in [-0.05, 0) is 107 Å². The minimum absolute atomic E-state index is 0.0104. The summed E-state index contributed by atoms with van der Waals surface area (Å²) in [6.45, 7) is 5.77. The molecule has 394 valence electrons. The Bertz CT molecular complexity index is 3190. The molecule has 6 aromatic rings. The monoisotopic (exact) mass is 1040 g/mol. The molecule has 4 aliphatic rings. The van der Waals surface area contributed by atoms with Gasteiger partial charge < -0.3 is 44.3 Å². The first-order valence-corrected chi connectivity index (χ1v) is 25.6. The molecule has 7 atom stereocenters. The molecule has 10 rings (SSSR count). The predicted octanol–water partition coefficient (Wildman–Crippen LogP) is 7.51. The van der Waals surface area contributed by atoms with Crippen LogP contribution in [0, 0.1) is 23.7 Å². The summed E-state index contributed by atoms with van der Waals surface area (Å²) in [6, 6.07) is 39.6. The molecule has 1 spiro atoms. The van der Waals surface area contributed by atoms with E-state index in [2.05, 4.69) is 27.4 Å². The molecular weight excluding hydrogens is 979 g/mol. The number of rotatable bonds is 13. The lowest BCUT2D eigenvalue weighted by Gasteiger charge is -2.46. The van der Waals surface area contributed by atoms with Crippen molar-refractivity contribution in [3.63, 3.8) is 0 Å². The number of methoxy groups -OCH3 is 2. The topological polar surface area (TPSA) is 186 Å². The number of cyclic esters (lactones) is 1. The summed E-state index contributed by atoms with van der Waals surface area (Å²) >= 11 is 0. The molecule has 0 bridgehead atoms. The number of hydrogen-bond donors (Lipinski definition) is 3. The summed E-state index contributed by atoms with van der Waals surface area (Å²) in [6.07, 6.45) is -0.965. The summed E-state index contributed by atoms with van der Waals surface area (Å²) < 4.78 is 28.6. The van der Waals surface area contributed by atoms with Gasteiger partial charge in [-0.2, -0.15) is 0 Å². The van der Waals surface area contributed by atoms with Gasteiger partial charge in [-0.3, -0.25) is 19.3 Å². The fraction of sp³-hybridized carbons (Fsp3) is 0.295. The number of ether oxygens (including phenoxy) is 5. The number of esters is 2. The molecule has 0 radical (unpaired) electrons. The number of morpholine rings is 2. The van der Waals surface area contributed by atoms with E-state index < -0.39 is 77.3 Å². The Kier molecular flexibility index (Phi) is 15.1. The second kappa shape index (κ2) is 22.4. The lowest BCUT2D eigenvalue weighted by Crippen LogP contribution is -2.57. The average Bonchev–Trinajstić information content (AvgIpc) is 2.98. The number of carbonyl (C=O) groups is 5. The van der Waals surface area contributed by atoms with Crippen LogP contribution in [-0.2, 0) is 38.8 Å². The summed E-state index contributed by atoms with van der Waals surface area (Å²) in [4.78, 5) is 82.4. The van der Waals surface area contributed by atoms with E-state index in [4.69, 9.17) is 23.7 Å². The first kappa shape index (κ1) is 52.0. The molecule has 16 nitrogen and oxygen atoms in total. The van der Waals surface area contributed by atoms with E-state index in [0.717, 1.165) is 16.2 Å². The Hall–Kier alpha value is -8.49. The molecule has 77 heavy (non-hydrogen) atoms. The van der Waals surface area contributed by atoms with E-state index in [1.807, 2.05) is 89.8 Å². The maximum absolute atomic E-state index is 16.9. The normalized spacial score (nSPS) is 22.0. The fourth-order valence-electron chi connectivity index (χ4n) is 11.3. The second-order valence-electron chi connectivity index (χ2n) is 19.6. The molecule has 0 aliphatic carbocycles. The summed E-state index contributed by atoms with van der Waals surface area (Å²) in [5, 5.41) is 15.6. The van der Waals surface area contributed by atoms with Gasteiger partial charge >= 0.3 is 18.0 Å². The Morgan fingerprint density at radius 2 is 1.39 bits per heavy atom. The van der Waals surface area contributed by atoms with Gasteiger partial charge in [-0.1, -0.05) is 98.5 Å². The van der Waals surface area contributed by atoms with Gasteiger partial charge in [0.15, 0.2) is 0 Å². The van der Waals surface area contributed by atoms with Gasteiger partial charge in [0.2, 0.25) is 11.8 Å². The van der Waals surface area contributed by atoms with Crippen LogP contribution in [0.3, 0.4) is 0 Å². The third kappa shape index (κ3) is 9.85. The van der Waals surface area contributed by atoms with E-state index >= 15 is 19.2 Å². The van der Waals surface area contributed by atoms with Crippen molar-refractivity contribution in [2.45, 2.75) is 49.5 Å². The standard InChI is InChI=1S/C61H59N5O11/c1-38(2)51(57(69)74-4)63-60(72)65-49-30-19-40(16-15-39-17-26-46(73-3)27-18-39)37-48(49)61(59(65)71)50(56(68)62-44-22-24-45(25-23-44)64-31-34-75-35-32-64)53-58(70)77-54(42-13-9-6-10-14-42)52(41-11-7-5-8-12-41)66(53)55(61)43-20-28-47(29-21-43)76-36-33-67/h5-14,17-30,37-38,50-55,67H,31-36H2,1-4H3,(H,62,68)(H,63,72)/t50-,51-,52-,53-,54+,55+,61-/m0/s1. The fourth-order valence-corrected chi connectivity index (χ4v) is 11.3. The van der Waals surface area contributed by atoms with Crippen molar-refractivity contribution < 1.29 is 52.8 Å². The quantitative estimate of drug-likeness (QED) is 0.0763. The first-order valence-electron chi connectivity index (χ1n) is 25.6. The highest BCUT2D eigenvalue weighted by atomic mass is 16.6. The van der Waals surface area contributed by atoms with Crippen molar-refractivity contribution in [3.8, 4) is 23.3 Å². The lowest BCUT2D eigenvalue weighted by atomic mass is 9.65. The molecule has 0 saturated carbocycles. The average molecular weight is 1040 g/mol. The van der Waals surface area contributed by atoms with Gasteiger partial charge in [-0.15, -0.1) is 0 Å². The van der Waals surface area contributed by atoms with E-state index in [0.29, 0.717) is 65.7 Å². The van der Waals surface area contributed by atoms with E-state index in [9.17, 15) is 9.90 Å². The third-order valence-corrected chi connectivity index (χ3v) is 14.9. The van der Waals surface area contributed by atoms with Crippen LogP contribution < -0.4 is 29.9 Å². The van der Waals surface area contributed by atoms with Gasteiger partial charge in [0.25, 0.3) is 0 Å². The number of amides is 4. The highest BCUT2D eigenvalue weighted by Crippen LogP contribution is 2.66. The highest BCUT2D eigenvalue weighted by molar-refractivity contribution is 6.25. The Balaban J connectivity index is 1.24. The summed E-state index contributed by atoms with van der Waals surface area (Å²) in [7, 11) is 2.79. The number of carbonyl (C=O) groups excluding carboxylic acids is 5. The Morgan fingerprint density at radius 3 is 2.03 bits per heavy atom. The smallest absolute Gasteiger partial charge is 0.329 e. The highest BCUT2D eigenvalue weighted by Gasteiger charge is 2.75. The van der Waals surface area contributed by atoms with Gasteiger partial charge in [-0.25, -0.2) is 14.5 Å². The first-order chi connectivity index (χ1) is 37.5. The molecule has 0 aromatic heterocycles. The van der Waals surface area contributed by atoms with Gasteiger partial charge in [0.05, 0.1) is 57.7 Å². The Labute approximate surface area is 446 Å². The molecule has 4 heterocycles. The zero-order valence-electron chi connectivity index (χ0n) is 43.1. The van der Waals surface area contributed by atoms with Crippen LogP contribution in [0.1, 0.15) is 65.4 Å². The SMILES string of the molecule is COC(=O)[C@@H](NC(=O)N1C(=O)[C@@]2(c3cc(C#Cc4ccc(OC)cc4)ccc31)[C@H](C(=O)Nc1ccc(N3CCOCC3)cc1)[C@H]1C(=O)O[C@H](c3ccccc3)[C@H](c3ccccc3)N1[C@@H]2c1ccc(OCCO)cc1)C(C)C. The number of hydrogen-bond acceptors (Lipinski definition) is 13. The van der Waals surface area contributed by atoms with Crippen molar-refractivity contribution in [2.24, 2.45) is 11.8 Å². The lowest BCUT2D eigenvalue weighted by molar-refractivity contribution is -0.177. The number of fused-ring (bicyclic) bond motifs is 3. The number of aliphatic hydroxyl groups is 1. The minimum Gasteiger partial charge on any atom is -0.497 e. The summed E-state index contributed by atoms with van der Waals surface area (Å²) in [5.74, 6) is 2.41. The molecule has 3 N–H and O–H groups in total. The third-order valence-electron chi connectivity index (χ3n) is 14.9. The minimum atomic E-state index is -2.14. The molecule has 3 fully saturated rings. The van der Waals surface area contributed by atoms with Gasteiger partial charge in [0, 0.05) is 35.6 Å². The van der Waals surface area contributed by atoms with Crippen LogP contribution >= 0.6 is 0 Å². The summed E-state index contributed by atoms with van der Waals surface area (Å²) in [5.41, 5.74) is 2.49. The van der Waals surface area contributed by atoms with Crippen molar-refractivity contribution in [1.29, 1.82) is 0 Å². The van der Waals surface area contributed by atoms with Crippen LogP contribution in [0.4, 0.5) is 21.9 Å². The predicted molar refractivity (Wildman–Crippen MR) is 287 cm³/mol. The Morgan fingerprint density at radius 1 is 0.753 bits per heavy atom. The number of benzene rings is 6. The zero-order valence-corrected chi connectivity index (χ0v) is 43.1. The molecule has 4 aliphatic heterocycles. The van der Waals surface area contributed by atoms with Crippen LogP contribution in [0.5, 0.6) is 11.5 Å². The van der Waals surface area contributed by atoms with Crippen LogP contribution in [0.25, 0.3) is 0 Å². The number of urea groups is 1. The largest absolute Gasteiger partial charge is 0.497 e. The number of anilines is 3. The van der Waals surface area contributed by atoms with Crippen LogP contribution in [0.2, 0.25) is 0 Å². The maximum Gasteiger partial charge on any atom is 0.329 e. The van der Waals surface area contributed by atoms with Crippen LogP contribution in [-0.4, -0.2) is 106 Å². The molecule has 0 unspecified atom stereocenters. The number of nitrogens with one attached hydrogen (secondary N) is 2. The molecule has 16 heteroatoms. The van der Waals surface area contributed by atoms with E-state index in [1.165, 1.54) is 7.11 Å². The molecular formula is C61H59N5O11. The number of imide groups is 1. The van der Waals surface area contributed by atoms with Crippen LogP contribution in [0.15, 0.2) is 152 Å². The van der Waals surface area contributed by atoms with E-state index in [-0.39, 0.29) is 24.5 Å². The number of nitrogens with zero attached hydrogens (tertiary/aromatic N) is 3. The maximum atomic E-state index is 16.9. The molecule has 6 aromatic carbocycles. The van der Waals surface area contributed by atoms with Crippen molar-refractivity contribution in [2.75, 3.05) is 68.9 Å². The zero-order chi connectivity index (χ0) is 53.8. The van der Waals surface area contributed by atoms with Crippen molar-refractivity contribution in [1.82, 2.24) is 10.2 Å². The second-order valence-corrected chi connectivity index (χ2v) is 19.6. The molecule has 4 amide bonds. The van der Waals surface area contributed by atoms with Gasteiger partial charge in [0.1, 0.15) is 41.7 Å². The number of aliphatic hydroxyl groups excluding tert-OH is 1. The van der Waals surface area contributed by atoms with Crippen molar-refractivity contribution >= 4 is 46.8 Å². The molecule has 3 saturated heterocycles.